The van der Waals surface area contributed by atoms with Crippen molar-refractivity contribution >= 4 is 11.9 Å². The first-order valence-electron chi connectivity index (χ1n) is 7.12. The van der Waals surface area contributed by atoms with E-state index in [0.717, 1.165) is 44.5 Å². The largest absolute Gasteiger partial charge is 0.385 e. The van der Waals surface area contributed by atoms with Crippen LogP contribution < -0.4 is 16.2 Å². The molecule has 2 rings (SSSR count). The van der Waals surface area contributed by atoms with Gasteiger partial charge in [-0.15, -0.1) is 0 Å². The predicted octanol–water partition coefficient (Wildman–Crippen LogP) is -0.546. The molecular weight excluding hydrogens is 270 g/mol. The first-order valence-corrected chi connectivity index (χ1v) is 7.12. The van der Waals surface area contributed by atoms with Crippen LogP contribution in [0.5, 0.6) is 0 Å². The fourth-order valence-electron chi connectivity index (χ4n) is 2.20. The van der Waals surface area contributed by atoms with Crippen molar-refractivity contribution in [3.63, 3.8) is 0 Å². The highest BCUT2D eigenvalue weighted by atomic mass is 16.5. The molecule has 1 aliphatic rings. The van der Waals surface area contributed by atoms with E-state index in [1.807, 2.05) is 6.07 Å². The van der Waals surface area contributed by atoms with Crippen molar-refractivity contribution in [2.45, 2.75) is 6.42 Å². The van der Waals surface area contributed by atoms with Gasteiger partial charge in [0.15, 0.2) is 0 Å². The van der Waals surface area contributed by atoms with Crippen LogP contribution in [-0.2, 0) is 4.74 Å². The second-order valence-corrected chi connectivity index (χ2v) is 4.72. The summed E-state index contributed by atoms with van der Waals surface area (Å²) in [5.74, 6) is 7.08. The van der Waals surface area contributed by atoms with E-state index in [1.165, 1.54) is 0 Å². The van der Waals surface area contributed by atoms with E-state index in [1.54, 1.807) is 19.5 Å². The van der Waals surface area contributed by atoms with Gasteiger partial charge in [-0.05, 0) is 12.5 Å². The lowest BCUT2D eigenvalue weighted by Crippen LogP contribution is -2.54. The highest BCUT2D eigenvalue weighted by molar-refractivity contribution is 5.79. The average molecular weight is 293 g/mol. The number of rotatable bonds is 5. The van der Waals surface area contributed by atoms with E-state index in [0.29, 0.717) is 13.2 Å². The van der Waals surface area contributed by atoms with Crippen molar-refractivity contribution in [3.05, 3.63) is 18.5 Å². The number of ether oxygens (including phenoxy) is 1. The van der Waals surface area contributed by atoms with Crippen LogP contribution in [0.1, 0.15) is 6.42 Å². The van der Waals surface area contributed by atoms with Crippen LogP contribution in [0.3, 0.4) is 0 Å². The predicted molar refractivity (Wildman–Crippen MR) is 81.9 cm³/mol. The first-order chi connectivity index (χ1) is 10.3. The number of piperazine rings is 1. The molecule has 3 N–H and O–H groups in total. The van der Waals surface area contributed by atoms with E-state index in [2.05, 4.69) is 30.2 Å². The van der Waals surface area contributed by atoms with Crippen molar-refractivity contribution in [3.8, 4) is 0 Å². The van der Waals surface area contributed by atoms with Gasteiger partial charge in [-0.3, -0.25) is 10.4 Å². The number of aliphatic imine (C=N–C) groups is 1. The molecule has 0 atom stereocenters. The Balaban J connectivity index is 1.84. The summed E-state index contributed by atoms with van der Waals surface area (Å²) in [6, 6.07) is 1.82. The third-order valence-electron chi connectivity index (χ3n) is 3.31. The Kier molecular flexibility index (Phi) is 6.17. The summed E-state index contributed by atoms with van der Waals surface area (Å²) in [7, 11) is 1.69. The quantitative estimate of drug-likeness (QED) is 0.247. The van der Waals surface area contributed by atoms with Crippen molar-refractivity contribution in [1.29, 1.82) is 0 Å². The SMILES string of the molecule is COCCCN=C(NN)N1CCN(c2ncccn2)CC1. The molecule has 1 saturated heterocycles. The molecule has 0 unspecified atom stereocenters. The lowest BCUT2D eigenvalue weighted by Gasteiger charge is -2.36. The maximum Gasteiger partial charge on any atom is 0.225 e. The molecule has 8 heteroatoms. The smallest absolute Gasteiger partial charge is 0.225 e. The molecule has 21 heavy (non-hydrogen) atoms. The fraction of sp³-hybridized carbons (Fsp3) is 0.615. The normalized spacial score (nSPS) is 16.2. The van der Waals surface area contributed by atoms with Gasteiger partial charge in [-0.25, -0.2) is 15.8 Å². The number of nitrogens with two attached hydrogens (primary N) is 1. The van der Waals surface area contributed by atoms with Gasteiger partial charge in [0.25, 0.3) is 0 Å². The Morgan fingerprint density at radius 2 is 2.05 bits per heavy atom. The molecule has 0 spiro atoms. The minimum atomic E-state index is 0.704. The van der Waals surface area contributed by atoms with Crippen LogP contribution in [-0.4, -0.2) is 67.3 Å². The molecule has 2 heterocycles. The number of guanidine groups is 1. The third kappa shape index (κ3) is 4.54. The number of anilines is 1. The third-order valence-corrected chi connectivity index (χ3v) is 3.31. The van der Waals surface area contributed by atoms with Crippen molar-refractivity contribution in [1.82, 2.24) is 20.3 Å². The molecule has 0 amide bonds. The minimum Gasteiger partial charge on any atom is -0.385 e. The van der Waals surface area contributed by atoms with Gasteiger partial charge < -0.3 is 14.5 Å². The second kappa shape index (κ2) is 8.38. The summed E-state index contributed by atoms with van der Waals surface area (Å²) in [6.07, 6.45) is 4.41. The highest BCUT2D eigenvalue weighted by Gasteiger charge is 2.20. The van der Waals surface area contributed by atoms with Gasteiger partial charge >= 0.3 is 0 Å². The standard InChI is InChI=1S/C13H23N7O/c1-21-11-3-6-17-13(18-14)20-9-7-19(8-10-20)12-15-4-2-5-16-12/h2,4-5H,3,6-11,14H2,1H3,(H,17,18). The zero-order chi connectivity index (χ0) is 14.9. The number of hydrogen-bond acceptors (Lipinski definition) is 6. The van der Waals surface area contributed by atoms with Gasteiger partial charge in [0.2, 0.25) is 11.9 Å². The molecule has 1 aromatic rings. The maximum atomic E-state index is 5.57. The van der Waals surface area contributed by atoms with Crippen molar-refractivity contribution in [2.75, 3.05) is 51.3 Å². The summed E-state index contributed by atoms with van der Waals surface area (Å²) in [5, 5.41) is 0. The Morgan fingerprint density at radius 3 is 2.67 bits per heavy atom. The van der Waals surface area contributed by atoms with Crippen LogP contribution in [0.25, 0.3) is 0 Å². The molecule has 0 saturated carbocycles. The van der Waals surface area contributed by atoms with E-state index in [4.69, 9.17) is 10.6 Å². The molecule has 1 fully saturated rings. The van der Waals surface area contributed by atoms with E-state index < -0.39 is 0 Å². The van der Waals surface area contributed by atoms with E-state index in [9.17, 15) is 0 Å². The molecule has 116 valence electrons. The molecular formula is C13H23N7O. The molecule has 1 aromatic heterocycles. The van der Waals surface area contributed by atoms with Gasteiger partial charge in [-0.1, -0.05) is 0 Å². The van der Waals surface area contributed by atoms with Gasteiger partial charge in [0, 0.05) is 58.8 Å². The van der Waals surface area contributed by atoms with Crippen molar-refractivity contribution in [2.24, 2.45) is 10.8 Å². The molecule has 0 bridgehead atoms. The van der Waals surface area contributed by atoms with E-state index in [-0.39, 0.29) is 0 Å². The Morgan fingerprint density at radius 1 is 1.33 bits per heavy atom. The topological polar surface area (TPSA) is 91.9 Å². The Labute approximate surface area is 125 Å². The van der Waals surface area contributed by atoms with Crippen LogP contribution >= 0.6 is 0 Å². The first kappa shape index (κ1) is 15.5. The summed E-state index contributed by atoms with van der Waals surface area (Å²) in [5.41, 5.74) is 2.69. The summed E-state index contributed by atoms with van der Waals surface area (Å²) in [6.45, 7) is 4.79. The lowest BCUT2D eigenvalue weighted by atomic mass is 10.3. The summed E-state index contributed by atoms with van der Waals surface area (Å²) < 4.78 is 5.01. The number of nitrogens with one attached hydrogen (secondary N) is 1. The zero-order valence-corrected chi connectivity index (χ0v) is 12.4. The zero-order valence-electron chi connectivity index (χ0n) is 12.4. The number of hydrogen-bond donors (Lipinski definition) is 2. The summed E-state index contributed by atoms with van der Waals surface area (Å²) >= 11 is 0. The van der Waals surface area contributed by atoms with Gasteiger partial charge in [-0.2, -0.15) is 0 Å². The van der Waals surface area contributed by atoms with E-state index >= 15 is 0 Å². The minimum absolute atomic E-state index is 0.704. The molecule has 0 aliphatic carbocycles. The maximum absolute atomic E-state index is 5.57. The molecule has 8 nitrogen and oxygen atoms in total. The number of hydrazine groups is 1. The van der Waals surface area contributed by atoms with Crippen LogP contribution in [0, 0.1) is 0 Å². The average Bonchev–Trinajstić information content (AvgIpc) is 2.56. The molecule has 0 aromatic carbocycles. The van der Waals surface area contributed by atoms with Gasteiger partial charge in [0.05, 0.1) is 0 Å². The Bertz CT molecular complexity index is 431. The second-order valence-electron chi connectivity index (χ2n) is 4.72. The lowest BCUT2D eigenvalue weighted by molar-refractivity contribution is 0.197. The molecule has 0 radical (unpaired) electrons. The molecule has 1 aliphatic heterocycles. The van der Waals surface area contributed by atoms with Crippen LogP contribution in [0.2, 0.25) is 0 Å². The number of methoxy groups -OCH3 is 1. The van der Waals surface area contributed by atoms with Gasteiger partial charge in [0.1, 0.15) is 0 Å². The van der Waals surface area contributed by atoms with Crippen LogP contribution in [0.15, 0.2) is 23.5 Å². The number of aromatic nitrogens is 2. The highest BCUT2D eigenvalue weighted by Crippen LogP contribution is 2.09. The number of nitrogens with zero attached hydrogens (tertiary/aromatic N) is 5. The monoisotopic (exact) mass is 293 g/mol. The fourth-order valence-corrected chi connectivity index (χ4v) is 2.20. The van der Waals surface area contributed by atoms with Crippen LogP contribution in [0.4, 0.5) is 5.95 Å². The summed E-state index contributed by atoms with van der Waals surface area (Å²) in [4.78, 5) is 17.3. The Hall–Kier alpha value is -1.93. The van der Waals surface area contributed by atoms with Crippen molar-refractivity contribution < 1.29 is 4.74 Å².